The van der Waals surface area contributed by atoms with Gasteiger partial charge in [-0.1, -0.05) is 36.4 Å². The molecule has 5 heteroatoms. The summed E-state index contributed by atoms with van der Waals surface area (Å²) in [6.45, 7) is 8.21. The van der Waals surface area contributed by atoms with Gasteiger partial charge in [-0.05, 0) is 49.6 Å². The lowest BCUT2D eigenvalue weighted by molar-refractivity contribution is -0.0149. The molecule has 0 saturated carbocycles. The Labute approximate surface area is 162 Å². The van der Waals surface area contributed by atoms with Gasteiger partial charge in [0.15, 0.2) is 5.96 Å². The first kappa shape index (κ1) is 20.8. The van der Waals surface area contributed by atoms with Crippen molar-refractivity contribution in [2.45, 2.75) is 46.1 Å². The average Bonchev–Trinajstić information content (AvgIpc) is 2.67. The lowest BCUT2D eigenvalue weighted by Crippen LogP contribution is -2.36. The van der Waals surface area contributed by atoms with E-state index in [9.17, 15) is 0 Å². The molecule has 146 valence electrons. The third-order valence-electron chi connectivity index (χ3n) is 3.97. The quantitative estimate of drug-likeness (QED) is 0.574. The van der Waals surface area contributed by atoms with Gasteiger partial charge in [0.05, 0.1) is 19.3 Å². The van der Waals surface area contributed by atoms with Crippen LogP contribution in [-0.2, 0) is 24.4 Å². The van der Waals surface area contributed by atoms with Crippen LogP contribution in [0.1, 0.15) is 37.5 Å². The van der Waals surface area contributed by atoms with Gasteiger partial charge in [0.1, 0.15) is 5.75 Å². The molecule has 0 fully saturated rings. The Morgan fingerprint density at radius 2 is 1.56 bits per heavy atom. The maximum absolute atomic E-state index is 5.86. The Bertz CT molecular complexity index is 734. The van der Waals surface area contributed by atoms with Crippen LogP contribution in [-0.4, -0.2) is 25.7 Å². The lowest BCUT2D eigenvalue weighted by Gasteiger charge is -2.19. The number of benzene rings is 2. The van der Waals surface area contributed by atoms with Crippen molar-refractivity contribution < 1.29 is 9.47 Å². The molecule has 0 heterocycles. The predicted octanol–water partition coefficient (Wildman–Crippen LogP) is 3.88. The highest BCUT2D eigenvalue weighted by molar-refractivity contribution is 5.79. The van der Waals surface area contributed by atoms with Gasteiger partial charge in [0.25, 0.3) is 0 Å². The van der Waals surface area contributed by atoms with Crippen LogP contribution in [0, 0.1) is 0 Å². The van der Waals surface area contributed by atoms with Crippen LogP contribution >= 0.6 is 0 Å². The smallest absolute Gasteiger partial charge is 0.191 e. The van der Waals surface area contributed by atoms with Gasteiger partial charge in [-0.15, -0.1) is 0 Å². The van der Waals surface area contributed by atoms with Gasteiger partial charge in [-0.2, -0.15) is 0 Å². The highest BCUT2D eigenvalue weighted by Gasteiger charge is 2.10. The molecule has 0 saturated heterocycles. The van der Waals surface area contributed by atoms with E-state index < -0.39 is 0 Å². The molecule has 0 aromatic heterocycles. The van der Waals surface area contributed by atoms with Crippen LogP contribution in [0.2, 0.25) is 0 Å². The summed E-state index contributed by atoms with van der Waals surface area (Å²) in [5.74, 6) is 1.62. The first-order valence-electron chi connectivity index (χ1n) is 9.19. The first-order chi connectivity index (χ1) is 12.9. The summed E-state index contributed by atoms with van der Waals surface area (Å²) in [6.07, 6.45) is 0. The van der Waals surface area contributed by atoms with E-state index in [4.69, 9.17) is 9.47 Å². The molecule has 2 N–H and O–H groups in total. The summed E-state index contributed by atoms with van der Waals surface area (Å²) in [7, 11) is 3.44. The molecule has 2 aromatic carbocycles. The Kier molecular flexibility index (Phi) is 7.67. The number of methoxy groups -OCH3 is 1. The van der Waals surface area contributed by atoms with Crippen molar-refractivity contribution in [1.82, 2.24) is 10.6 Å². The molecule has 0 amide bonds. The van der Waals surface area contributed by atoms with Crippen molar-refractivity contribution >= 4 is 5.96 Å². The summed E-state index contributed by atoms with van der Waals surface area (Å²) in [5, 5.41) is 6.68. The van der Waals surface area contributed by atoms with Crippen LogP contribution < -0.4 is 15.4 Å². The van der Waals surface area contributed by atoms with Crippen LogP contribution in [0.3, 0.4) is 0 Å². The number of hydrogen-bond donors (Lipinski definition) is 2. The number of hydrogen-bond acceptors (Lipinski definition) is 3. The molecule has 0 aliphatic carbocycles. The normalized spacial score (nSPS) is 12.0. The maximum atomic E-state index is 5.86. The van der Waals surface area contributed by atoms with Crippen LogP contribution in [0.25, 0.3) is 0 Å². The minimum Gasteiger partial charge on any atom is -0.497 e. The fourth-order valence-electron chi connectivity index (χ4n) is 2.46. The van der Waals surface area contributed by atoms with Crippen LogP contribution in [0.5, 0.6) is 5.75 Å². The molecular formula is C22H31N3O2. The average molecular weight is 370 g/mol. The minimum atomic E-state index is -0.137. The van der Waals surface area contributed by atoms with Gasteiger partial charge in [-0.25, -0.2) is 0 Å². The van der Waals surface area contributed by atoms with E-state index in [1.54, 1.807) is 14.2 Å². The van der Waals surface area contributed by atoms with E-state index in [1.807, 2.05) is 24.3 Å². The lowest BCUT2D eigenvalue weighted by atomic mass is 10.1. The molecule has 0 aliphatic rings. The van der Waals surface area contributed by atoms with Crippen LogP contribution in [0.4, 0.5) is 0 Å². The van der Waals surface area contributed by atoms with Gasteiger partial charge in [0.2, 0.25) is 0 Å². The molecular weight excluding hydrogens is 338 g/mol. The number of rotatable bonds is 7. The molecule has 0 unspecified atom stereocenters. The Morgan fingerprint density at radius 3 is 2.15 bits per heavy atom. The fourth-order valence-corrected chi connectivity index (χ4v) is 2.46. The Morgan fingerprint density at radius 1 is 0.926 bits per heavy atom. The zero-order valence-electron chi connectivity index (χ0n) is 17.0. The van der Waals surface area contributed by atoms with E-state index >= 15 is 0 Å². The zero-order chi connectivity index (χ0) is 19.7. The van der Waals surface area contributed by atoms with Crippen molar-refractivity contribution in [3.05, 3.63) is 65.2 Å². The molecule has 5 nitrogen and oxygen atoms in total. The fraction of sp³-hybridized carbons (Fsp3) is 0.409. The molecule has 0 radical (unpaired) electrons. The predicted molar refractivity (Wildman–Crippen MR) is 111 cm³/mol. The third kappa shape index (κ3) is 7.71. The standard InChI is InChI=1S/C22H31N3O2/c1-22(2,3)27-16-19-8-6-7-18(13-19)15-25-21(23-4)24-14-17-9-11-20(26-5)12-10-17/h6-13H,14-16H2,1-5H3,(H2,23,24,25). The summed E-state index contributed by atoms with van der Waals surface area (Å²) >= 11 is 0. The maximum Gasteiger partial charge on any atom is 0.191 e. The van der Waals surface area contributed by atoms with E-state index in [0.29, 0.717) is 19.7 Å². The number of guanidine groups is 1. The monoisotopic (exact) mass is 369 g/mol. The van der Waals surface area contributed by atoms with E-state index in [-0.39, 0.29) is 5.60 Å². The van der Waals surface area contributed by atoms with Gasteiger partial charge >= 0.3 is 0 Å². The van der Waals surface area contributed by atoms with Crippen molar-refractivity contribution in [2.75, 3.05) is 14.2 Å². The highest BCUT2D eigenvalue weighted by Crippen LogP contribution is 2.13. The Hall–Kier alpha value is -2.53. The summed E-state index contributed by atoms with van der Waals surface area (Å²) in [5.41, 5.74) is 3.39. The number of nitrogens with zero attached hydrogens (tertiary/aromatic N) is 1. The molecule has 0 spiro atoms. The largest absolute Gasteiger partial charge is 0.497 e. The van der Waals surface area contributed by atoms with Crippen LogP contribution in [0.15, 0.2) is 53.5 Å². The van der Waals surface area contributed by atoms with Crippen molar-refractivity contribution in [3.8, 4) is 5.75 Å². The summed E-state index contributed by atoms with van der Waals surface area (Å²) in [6, 6.07) is 16.4. The molecule has 2 rings (SSSR count). The van der Waals surface area contributed by atoms with Gasteiger partial charge in [-0.3, -0.25) is 4.99 Å². The first-order valence-corrected chi connectivity index (χ1v) is 9.19. The number of ether oxygens (including phenoxy) is 2. The van der Waals surface area contributed by atoms with Gasteiger partial charge in [0, 0.05) is 20.1 Å². The molecule has 0 atom stereocenters. The SMILES string of the molecule is CN=C(NCc1ccc(OC)cc1)NCc1cccc(COC(C)(C)C)c1. The van der Waals surface area contributed by atoms with Crippen molar-refractivity contribution in [3.63, 3.8) is 0 Å². The summed E-state index contributed by atoms with van der Waals surface area (Å²) in [4.78, 5) is 4.29. The highest BCUT2D eigenvalue weighted by atomic mass is 16.5. The van der Waals surface area contributed by atoms with E-state index in [1.165, 1.54) is 16.7 Å². The second-order valence-corrected chi connectivity index (χ2v) is 7.35. The summed E-state index contributed by atoms with van der Waals surface area (Å²) < 4.78 is 11.0. The second-order valence-electron chi connectivity index (χ2n) is 7.35. The Balaban J connectivity index is 1.84. The van der Waals surface area contributed by atoms with Crippen molar-refractivity contribution in [1.29, 1.82) is 0 Å². The minimum absolute atomic E-state index is 0.137. The molecule has 0 aliphatic heterocycles. The molecule has 27 heavy (non-hydrogen) atoms. The topological polar surface area (TPSA) is 54.9 Å². The van der Waals surface area contributed by atoms with Gasteiger partial charge < -0.3 is 20.1 Å². The second kappa shape index (κ2) is 9.97. The van der Waals surface area contributed by atoms with Crippen molar-refractivity contribution in [2.24, 2.45) is 4.99 Å². The number of aliphatic imine (C=N–C) groups is 1. The molecule has 0 bridgehead atoms. The molecule has 2 aromatic rings. The number of nitrogens with one attached hydrogen (secondary N) is 2. The van der Waals surface area contributed by atoms with E-state index in [2.05, 4.69) is 60.7 Å². The van der Waals surface area contributed by atoms with E-state index in [0.717, 1.165) is 11.7 Å². The third-order valence-corrected chi connectivity index (χ3v) is 3.97. The zero-order valence-corrected chi connectivity index (χ0v) is 17.0.